The van der Waals surface area contributed by atoms with Gasteiger partial charge in [0.15, 0.2) is 11.6 Å². The third-order valence-electron chi connectivity index (χ3n) is 2.49. The number of rotatable bonds is 5. The average Bonchev–Trinajstić information content (AvgIpc) is 2.39. The van der Waals surface area contributed by atoms with Crippen LogP contribution in [-0.4, -0.2) is 8.76 Å². The van der Waals surface area contributed by atoms with Gasteiger partial charge < -0.3 is 4.74 Å². The van der Waals surface area contributed by atoms with Crippen LogP contribution in [0.15, 0.2) is 42.5 Å². The second-order valence-corrected chi connectivity index (χ2v) is 4.57. The molecule has 0 fully saturated rings. The molecule has 7 heteroatoms. The van der Waals surface area contributed by atoms with E-state index in [0.717, 1.165) is 12.1 Å². The van der Waals surface area contributed by atoms with Crippen molar-refractivity contribution >= 4 is 17.0 Å². The molecule has 2 aromatic rings. The molecule has 0 aliphatic heterocycles. The van der Waals surface area contributed by atoms with Crippen LogP contribution < -0.4 is 9.46 Å². The molecule has 4 nitrogen and oxygen atoms in total. The highest BCUT2D eigenvalue weighted by Crippen LogP contribution is 2.21. The van der Waals surface area contributed by atoms with Crippen molar-refractivity contribution in [3.63, 3.8) is 0 Å². The molecule has 0 heterocycles. The lowest BCUT2D eigenvalue weighted by atomic mass is 10.2. The van der Waals surface area contributed by atoms with Crippen LogP contribution in [0, 0.1) is 11.6 Å². The first-order chi connectivity index (χ1) is 9.56. The van der Waals surface area contributed by atoms with Gasteiger partial charge >= 0.3 is 0 Å². The molecule has 20 heavy (non-hydrogen) atoms. The molecule has 0 aromatic heterocycles. The Labute approximate surface area is 116 Å². The topological polar surface area (TPSA) is 58.6 Å². The van der Waals surface area contributed by atoms with Crippen LogP contribution >= 0.6 is 0 Å². The van der Waals surface area contributed by atoms with Crippen molar-refractivity contribution < 1.29 is 22.3 Å². The Morgan fingerprint density at radius 1 is 1.20 bits per heavy atom. The van der Waals surface area contributed by atoms with E-state index in [2.05, 4.69) is 4.72 Å². The summed E-state index contributed by atoms with van der Waals surface area (Å²) in [6.07, 6.45) is 0. The first kappa shape index (κ1) is 14.4. The molecular formula is C13H11F2NO3S. The number of hydrogen-bond acceptors (Lipinski definition) is 2. The van der Waals surface area contributed by atoms with Crippen molar-refractivity contribution in [3.8, 4) is 5.75 Å². The maximum Gasteiger partial charge on any atom is 0.259 e. The molecule has 106 valence electrons. The lowest BCUT2D eigenvalue weighted by molar-refractivity contribution is 0.290. The van der Waals surface area contributed by atoms with Gasteiger partial charge in [-0.15, -0.1) is 0 Å². The third kappa shape index (κ3) is 3.75. The van der Waals surface area contributed by atoms with E-state index in [-0.39, 0.29) is 12.4 Å². The average molecular weight is 299 g/mol. The number of halogens is 2. The van der Waals surface area contributed by atoms with Gasteiger partial charge in [0, 0.05) is 11.6 Å². The van der Waals surface area contributed by atoms with Crippen molar-refractivity contribution in [3.05, 3.63) is 59.7 Å². The summed E-state index contributed by atoms with van der Waals surface area (Å²) in [5.74, 6) is -1.58. The fraction of sp³-hybridized carbons (Fsp3) is 0.0769. The van der Waals surface area contributed by atoms with Crippen molar-refractivity contribution in [2.24, 2.45) is 0 Å². The van der Waals surface area contributed by atoms with E-state index in [0.29, 0.717) is 11.3 Å². The fourth-order valence-corrected chi connectivity index (χ4v) is 1.97. The maximum atomic E-state index is 13.4. The number of ether oxygens (including phenoxy) is 1. The normalized spacial score (nSPS) is 11.9. The minimum atomic E-state index is -2.21. The van der Waals surface area contributed by atoms with E-state index in [1.807, 2.05) is 0 Å². The molecule has 2 N–H and O–H groups in total. The summed E-state index contributed by atoms with van der Waals surface area (Å²) in [6.45, 7) is -0.0249. The van der Waals surface area contributed by atoms with E-state index in [9.17, 15) is 13.0 Å². The molecule has 0 amide bonds. The van der Waals surface area contributed by atoms with Gasteiger partial charge in [0.1, 0.15) is 12.4 Å². The summed E-state index contributed by atoms with van der Waals surface area (Å²) < 4.78 is 53.3. The Kier molecular flexibility index (Phi) is 4.65. The Bertz CT molecular complexity index is 637. The minimum absolute atomic E-state index is 0.0249. The highest BCUT2D eigenvalue weighted by molar-refractivity contribution is 7.80. The molecule has 0 saturated carbocycles. The van der Waals surface area contributed by atoms with Gasteiger partial charge in [0.2, 0.25) is 0 Å². The maximum absolute atomic E-state index is 13.4. The van der Waals surface area contributed by atoms with Crippen LogP contribution in [0.3, 0.4) is 0 Å². The number of hydrogen-bond donors (Lipinski definition) is 2. The lowest BCUT2D eigenvalue weighted by Gasteiger charge is -2.11. The molecule has 1 unspecified atom stereocenters. The molecule has 2 rings (SSSR count). The van der Waals surface area contributed by atoms with Crippen LogP contribution in [0.25, 0.3) is 0 Å². The van der Waals surface area contributed by atoms with Crippen molar-refractivity contribution in [2.45, 2.75) is 6.61 Å². The zero-order chi connectivity index (χ0) is 14.5. The highest BCUT2D eigenvalue weighted by Gasteiger charge is 2.08. The van der Waals surface area contributed by atoms with E-state index in [1.54, 1.807) is 24.3 Å². The van der Waals surface area contributed by atoms with Crippen molar-refractivity contribution in [1.29, 1.82) is 0 Å². The Morgan fingerprint density at radius 2 is 1.95 bits per heavy atom. The zero-order valence-corrected chi connectivity index (χ0v) is 11.0. The molecular weight excluding hydrogens is 288 g/mol. The summed E-state index contributed by atoms with van der Waals surface area (Å²) >= 11 is -2.21. The van der Waals surface area contributed by atoms with Crippen molar-refractivity contribution in [1.82, 2.24) is 0 Å². The number of nitrogens with one attached hydrogen (secondary N) is 1. The van der Waals surface area contributed by atoms with Gasteiger partial charge in [-0.2, -0.15) is 0 Å². The van der Waals surface area contributed by atoms with Gasteiger partial charge in [-0.1, -0.05) is 18.2 Å². The number of anilines is 1. The standard InChI is InChI=1S/C13H11F2NO3S/c14-10-5-6-13(11(15)7-10)19-8-9-3-1-2-4-12(9)16-20(17)18/h1-7,16H,8H2,(H,17,18). The summed E-state index contributed by atoms with van der Waals surface area (Å²) in [6, 6.07) is 9.64. The number of benzene rings is 2. The molecule has 0 aliphatic carbocycles. The summed E-state index contributed by atoms with van der Waals surface area (Å²) in [5, 5.41) is 0. The van der Waals surface area contributed by atoms with Crippen LogP contribution in [-0.2, 0) is 17.9 Å². The van der Waals surface area contributed by atoms with E-state index < -0.39 is 22.9 Å². The smallest absolute Gasteiger partial charge is 0.259 e. The second-order valence-electron chi connectivity index (χ2n) is 3.87. The van der Waals surface area contributed by atoms with Crippen LogP contribution in [0.1, 0.15) is 5.56 Å². The fourth-order valence-electron chi connectivity index (χ4n) is 1.59. The number of para-hydroxylation sites is 1. The van der Waals surface area contributed by atoms with Gasteiger partial charge in [-0.05, 0) is 18.2 Å². The van der Waals surface area contributed by atoms with E-state index in [1.165, 1.54) is 6.07 Å². The van der Waals surface area contributed by atoms with Gasteiger partial charge in [0.25, 0.3) is 11.3 Å². The molecule has 0 spiro atoms. The Balaban J connectivity index is 2.12. The molecule has 2 aromatic carbocycles. The lowest BCUT2D eigenvalue weighted by Crippen LogP contribution is -2.06. The first-order valence-corrected chi connectivity index (χ1v) is 6.70. The van der Waals surface area contributed by atoms with Gasteiger partial charge in [-0.25, -0.2) is 13.0 Å². The molecule has 0 aliphatic rings. The summed E-state index contributed by atoms with van der Waals surface area (Å²) in [5.41, 5.74) is 0.967. The quantitative estimate of drug-likeness (QED) is 0.834. The molecule has 0 radical (unpaired) electrons. The van der Waals surface area contributed by atoms with E-state index in [4.69, 9.17) is 9.29 Å². The molecule has 1 atom stereocenters. The van der Waals surface area contributed by atoms with Crippen LogP contribution in [0.5, 0.6) is 5.75 Å². The predicted molar refractivity (Wildman–Crippen MR) is 71.5 cm³/mol. The predicted octanol–water partition coefficient (Wildman–Crippen LogP) is 3.09. The Morgan fingerprint density at radius 3 is 2.65 bits per heavy atom. The summed E-state index contributed by atoms with van der Waals surface area (Å²) in [4.78, 5) is 0. The minimum Gasteiger partial charge on any atom is -0.486 e. The van der Waals surface area contributed by atoms with Gasteiger partial charge in [-0.3, -0.25) is 9.27 Å². The Hall–Kier alpha value is -1.99. The first-order valence-electron chi connectivity index (χ1n) is 5.59. The largest absolute Gasteiger partial charge is 0.486 e. The molecule has 0 bridgehead atoms. The monoisotopic (exact) mass is 299 g/mol. The van der Waals surface area contributed by atoms with E-state index >= 15 is 0 Å². The summed E-state index contributed by atoms with van der Waals surface area (Å²) in [7, 11) is 0. The SMILES string of the molecule is O=S(O)Nc1ccccc1COc1ccc(F)cc1F. The zero-order valence-electron chi connectivity index (χ0n) is 10.2. The van der Waals surface area contributed by atoms with Crippen molar-refractivity contribution in [2.75, 3.05) is 4.72 Å². The molecule has 0 saturated heterocycles. The van der Waals surface area contributed by atoms with Crippen LogP contribution in [0.2, 0.25) is 0 Å². The third-order valence-corrected chi connectivity index (χ3v) is 2.89. The van der Waals surface area contributed by atoms with Gasteiger partial charge in [0.05, 0.1) is 5.69 Å². The highest BCUT2D eigenvalue weighted by atomic mass is 32.2. The van der Waals surface area contributed by atoms with Crippen LogP contribution in [0.4, 0.5) is 14.5 Å². The second kappa shape index (κ2) is 6.44.